The lowest BCUT2D eigenvalue weighted by Gasteiger charge is -2.19. The first-order valence-electron chi connectivity index (χ1n) is 8.24. The molecule has 3 N–H and O–H groups in total. The number of benzene rings is 2. The standard InChI is InChI=1S/C20H25NO4/c1-20(2,3)15-6-10-18(11-7-15)25-13-17(22)12-21-16-8-4-14(5-9-16)19(23)24/h4-11,17,21-22H,12-13H2,1-3H3,(H,23,24). The number of anilines is 1. The number of hydrogen-bond acceptors (Lipinski definition) is 4. The van der Waals surface area contributed by atoms with Crippen LogP contribution in [0.5, 0.6) is 5.75 Å². The number of carboxylic acid groups (broad SMARTS) is 1. The summed E-state index contributed by atoms with van der Waals surface area (Å²) in [5.41, 5.74) is 2.30. The molecule has 1 atom stereocenters. The smallest absolute Gasteiger partial charge is 0.335 e. The normalized spacial score (nSPS) is 12.5. The van der Waals surface area contributed by atoms with Crippen molar-refractivity contribution >= 4 is 11.7 Å². The summed E-state index contributed by atoms with van der Waals surface area (Å²) in [7, 11) is 0. The van der Waals surface area contributed by atoms with Gasteiger partial charge in [0.05, 0.1) is 5.56 Å². The summed E-state index contributed by atoms with van der Waals surface area (Å²) in [6, 6.07) is 14.3. The molecule has 134 valence electrons. The second-order valence-corrected chi connectivity index (χ2v) is 7.00. The van der Waals surface area contributed by atoms with Gasteiger partial charge in [0.1, 0.15) is 18.5 Å². The summed E-state index contributed by atoms with van der Waals surface area (Å²) in [6.07, 6.45) is -0.679. The van der Waals surface area contributed by atoms with E-state index < -0.39 is 12.1 Å². The molecule has 0 saturated carbocycles. The molecule has 5 heteroatoms. The van der Waals surface area contributed by atoms with Crippen LogP contribution in [0.2, 0.25) is 0 Å². The third-order valence-electron chi connectivity index (χ3n) is 3.84. The van der Waals surface area contributed by atoms with Gasteiger partial charge in [0.15, 0.2) is 0 Å². The molecule has 0 saturated heterocycles. The minimum atomic E-state index is -0.961. The van der Waals surface area contributed by atoms with Gasteiger partial charge in [-0.2, -0.15) is 0 Å². The maximum atomic E-state index is 10.8. The molecule has 25 heavy (non-hydrogen) atoms. The van der Waals surface area contributed by atoms with Crippen LogP contribution in [0, 0.1) is 0 Å². The molecule has 0 aliphatic rings. The summed E-state index contributed by atoms with van der Waals surface area (Å²) in [5.74, 6) is -0.240. The molecule has 0 aliphatic carbocycles. The van der Waals surface area contributed by atoms with E-state index in [0.29, 0.717) is 6.54 Å². The van der Waals surface area contributed by atoms with Crippen molar-refractivity contribution in [2.24, 2.45) is 0 Å². The highest BCUT2D eigenvalue weighted by Gasteiger charge is 2.13. The van der Waals surface area contributed by atoms with Crippen molar-refractivity contribution in [3.05, 3.63) is 59.7 Å². The number of aliphatic hydroxyl groups is 1. The molecule has 2 rings (SSSR count). The van der Waals surface area contributed by atoms with Gasteiger partial charge >= 0.3 is 5.97 Å². The van der Waals surface area contributed by atoms with E-state index in [0.717, 1.165) is 11.4 Å². The SMILES string of the molecule is CC(C)(C)c1ccc(OCC(O)CNc2ccc(C(=O)O)cc2)cc1. The number of ether oxygens (including phenoxy) is 1. The van der Waals surface area contributed by atoms with E-state index in [1.807, 2.05) is 24.3 Å². The molecule has 2 aromatic carbocycles. The highest BCUT2D eigenvalue weighted by atomic mass is 16.5. The minimum absolute atomic E-state index is 0.0954. The molecule has 0 aliphatic heterocycles. The molecular weight excluding hydrogens is 318 g/mol. The maximum absolute atomic E-state index is 10.8. The molecular formula is C20H25NO4. The molecule has 2 aromatic rings. The average molecular weight is 343 g/mol. The van der Waals surface area contributed by atoms with E-state index in [2.05, 4.69) is 26.1 Å². The quantitative estimate of drug-likeness (QED) is 0.717. The van der Waals surface area contributed by atoms with E-state index in [4.69, 9.17) is 9.84 Å². The molecule has 1 unspecified atom stereocenters. The van der Waals surface area contributed by atoms with Gasteiger partial charge in [0.25, 0.3) is 0 Å². The van der Waals surface area contributed by atoms with Gasteiger partial charge in [0, 0.05) is 12.2 Å². The highest BCUT2D eigenvalue weighted by Crippen LogP contribution is 2.24. The zero-order valence-electron chi connectivity index (χ0n) is 14.8. The Morgan fingerprint density at radius 2 is 1.68 bits per heavy atom. The fraction of sp³-hybridized carbons (Fsp3) is 0.350. The Morgan fingerprint density at radius 1 is 1.08 bits per heavy atom. The second-order valence-electron chi connectivity index (χ2n) is 7.00. The predicted molar refractivity (Wildman–Crippen MR) is 98.5 cm³/mol. The van der Waals surface area contributed by atoms with Gasteiger partial charge in [-0.15, -0.1) is 0 Å². The van der Waals surface area contributed by atoms with Gasteiger partial charge < -0.3 is 20.3 Å². The molecule has 0 bridgehead atoms. The van der Waals surface area contributed by atoms with Crippen LogP contribution in [0.4, 0.5) is 5.69 Å². The van der Waals surface area contributed by atoms with Crippen LogP contribution in [0.15, 0.2) is 48.5 Å². The van der Waals surface area contributed by atoms with Crippen LogP contribution in [0.1, 0.15) is 36.7 Å². The zero-order chi connectivity index (χ0) is 18.4. The van der Waals surface area contributed by atoms with Crippen molar-refractivity contribution in [2.75, 3.05) is 18.5 Å². The third-order valence-corrected chi connectivity index (χ3v) is 3.84. The van der Waals surface area contributed by atoms with Crippen LogP contribution < -0.4 is 10.1 Å². The maximum Gasteiger partial charge on any atom is 0.335 e. The van der Waals surface area contributed by atoms with Crippen LogP contribution in [-0.2, 0) is 5.41 Å². The van der Waals surface area contributed by atoms with Crippen molar-refractivity contribution in [3.63, 3.8) is 0 Å². The van der Waals surface area contributed by atoms with E-state index in [9.17, 15) is 9.90 Å². The van der Waals surface area contributed by atoms with Gasteiger partial charge in [-0.1, -0.05) is 32.9 Å². The minimum Gasteiger partial charge on any atom is -0.491 e. The van der Waals surface area contributed by atoms with Crippen LogP contribution in [0.3, 0.4) is 0 Å². The molecule has 0 fully saturated rings. The largest absolute Gasteiger partial charge is 0.491 e. The molecule has 0 aromatic heterocycles. The lowest BCUT2D eigenvalue weighted by Crippen LogP contribution is -2.26. The van der Waals surface area contributed by atoms with E-state index in [1.165, 1.54) is 17.7 Å². The lowest BCUT2D eigenvalue weighted by molar-refractivity contribution is 0.0697. The molecule has 0 amide bonds. The fourth-order valence-electron chi connectivity index (χ4n) is 2.27. The Hall–Kier alpha value is -2.53. The molecule has 0 heterocycles. The van der Waals surface area contributed by atoms with Crippen molar-refractivity contribution in [1.82, 2.24) is 0 Å². The first-order valence-corrected chi connectivity index (χ1v) is 8.24. The Balaban J connectivity index is 1.78. The number of rotatable bonds is 7. The summed E-state index contributed by atoms with van der Waals surface area (Å²) in [4.78, 5) is 10.8. The fourth-order valence-corrected chi connectivity index (χ4v) is 2.27. The topological polar surface area (TPSA) is 78.8 Å². The summed E-state index contributed by atoms with van der Waals surface area (Å²) >= 11 is 0. The molecule has 0 spiro atoms. The number of carbonyl (C=O) groups is 1. The van der Waals surface area contributed by atoms with Crippen molar-refractivity contribution < 1.29 is 19.7 Å². The number of nitrogens with one attached hydrogen (secondary N) is 1. The average Bonchev–Trinajstić information content (AvgIpc) is 2.58. The Labute approximate surface area is 148 Å². The third kappa shape index (κ3) is 5.80. The van der Waals surface area contributed by atoms with E-state index >= 15 is 0 Å². The van der Waals surface area contributed by atoms with Gasteiger partial charge in [-0.3, -0.25) is 0 Å². The second kappa shape index (κ2) is 8.03. The number of hydrogen-bond donors (Lipinski definition) is 3. The van der Waals surface area contributed by atoms with Crippen molar-refractivity contribution in [3.8, 4) is 5.75 Å². The highest BCUT2D eigenvalue weighted by molar-refractivity contribution is 5.87. The predicted octanol–water partition coefficient (Wildman–Crippen LogP) is 3.53. The van der Waals surface area contributed by atoms with Crippen molar-refractivity contribution in [2.45, 2.75) is 32.3 Å². The van der Waals surface area contributed by atoms with Gasteiger partial charge in [-0.25, -0.2) is 4.79 Å². The van der Waals surface area contributed by atoms with E-state index in [1.54, 1.807) is 12.1 Å². The van der Waals surface area contributed by atoms with Crippen molar-refractivity contribution in [1.29, 1.82) is 0 Å². The lowest BCUT2D eigenvalue weighted by atomic mass is 9.87. The zero-order valence-corrected chi connectivity index (χ0v) is 14.8. The Kier molecular flexibility index (Phi) is 6.04. The summed E-state index contributed by atoms with van der Waals surface area (Å²) in [5, 5.41) is 21.9. The number of aliphatic hydroxyl groups excluding tert-OH is 1. The Morgan fingerprint density at radius 3 is 2.20 bits per heavy atom. The van der Waals surface area contributed by atoms with Gasteiger partial charge in [-0.05, 0) is 47.4 Å². The van der Waals surface area contributed by atoms with Crippen LogP contribution in [-0.4, -0.2) is 35.4 Å². The summed E-state index contributed by atoms with van der Waals surface area (Å²) < 4.78 is 5.61. The van der Waals surface area contributed by atoms with Gasteiger partial charge in [0.2, 0.25) is 0 Å². The summed E-state index contributed by atoms with van der Waals surface area (Å²) in [6.45, 7) is 6.95. The Bertz CT molecular complexity index is 687. The number of aromatic carboxylic acids is 1. The van der Waals surface area contributed by atoms with E-state index in [-0.39, 0.29) is 17.6 Å². The molecule has 0 radical (unpaired) electrons. The monoisotopic (exact) mass is 343 g/mol. The van der Waals surface area contributed by atoms with Crippen LogP contribution in [0.25, 0.3) is 0 Å². The number of carboxylic acids is 1. The van der Waals surface area contributed by atoms with Crippen LogP contribution >= 0.6 is 0 Å². The first-order chi connectivity index (χ1) is 11.8. The molecule has 5 nitrogen and oxygen atoms in total. The first kappa shape index (κ1) is 18.8.